The average Bonchev–Trinajstić information content (AvgIpc) is 2.80. The van der Waals surface area contributed by atoms with Crippen LogP contribution in [0.25, 0.3) is 5.69 Å². The van der Waals surface area contributed by atoms with Crippen LogP contribution in [0.15, 0.2) is 24.3 Å². The van der Waals surface area contributed by atoms with E-state index < -0.39 is 0 Å². The van der Waals surface area contributed by atoms with Crippen LogP contribution in [0.3, 0.4) is 0 Å². The largest absolute Gasteiger partial charge is 0.494 e. The minimum absolute atomic E-state index is 0.184. The molecule has 2 aromatic rings. The molecule has 1 atom stereocenters. The standard InChI is InChI=1S/C14H20N4O/c1-5-19-13-8-6-7-12(9-13)18-11(3)14(16-17-18)10(2)15-4/h6-10,15H,5H2,1-4H3. The molecule has 2 rings (SSSR count). The summed E-state index contributed by atoms with van der Waals surface area (Å²) >= 11 is 0. The lowest BCUT2D eigenvalue weighted by Gasteiger charge is -2.09. The minimum atomic E-state index is 0.184. The van der Waals surface area contributed by atoms with Crippen molar-refractivity contribution in [3.63, 3.8) is 0 Å². The van der Waals surface area contributed by atoms with Crippen LogP contribution in [0.2, 0.25) is 0 Å². The van der Waals surface area contributed by atoms with Crippen molar-refractivity contribution in [3.05, 3.63) is 35.7 Å². The second-order valence-corrected chi connectivity index (χ2v) is 4.41. The normalized spacial score (nSPS) is 12.4. The fraction of sp³-hybridized carbons (Fsp3) is 0.429. The SMILES string of the molecule is CCOc1cccc(-n2nnc(C(C)NC)c2C)c1. The van der Waals surface area contributed by atoms with Gasteiger partial charge in [0.05, 0.1) is 24.0 Å². The summed E-state index contributed by atoms with van der Waals surface area (Å²) in [6, 6.07) is 8.06. The molecule has 102 valence electrons. The van der Waals surface area contributed by atoms with Gasteiger partial charge in [0.1, 0.15) is 11.4 Å². The van der Waals surface area contributed by atoms with Gasteiger partial charge in [-0.1, -0.05) is 11.3 Å². The van der Waals surface area contributed by atoms with E-state index >= 15 is 0 Å². The van der Waals surface area contributed by atoms with E-state index in [4.69, 9.17) is 4.74 Å². The zero-order valence-corrected chi connectivity index (χ0v) is 11.8. The molecule has 0 bridgehead atoms. The van der Waals surface area contributed by atoms with E-state index in [1.165, 1.54) is 0 Å². The number of ether oxygens (including phenoxy) is 1. The van der Waals surface area contributed by atoms with Crippen LogP contribution in [0.1, 0.15) is 31.3 Å². The lowest BCUT2D eigenvalue weighted by molar-refractivity contribution is 0.340. The van der Waals surface area contributed by atoms with Crippen LogP contribution >= 0.6 is 0 Å². The first kappa shape index (κ1) is 13.5. The van der Waals surface area contributed by atoms with E-state index in [2.05, 4.69) is 22.6 Å². The van der Waals surface area contributed by atoms with Gasteiger partial charge in [0, 0.05) is 6.07 Å². The number of benzene rings is 1. The van der Waals surface area contributed by atoms with Crippen LogP contribution in [-0.2, 0) is 0 Å². The molecule has 1 aromatic carbocycles. The van der Waals surface area contributed by atoms with Crippen LogP contribution in [-0.4, -0.2) is 28.6 Å². The molecule has 0 aliphatic rings. The van der Waals surface area contributed by atoms with Crippen molar-refractivity contribution in [2.45, 2.75) is 26.8 Å². The smallest absolute Gasteiger partial charge is 0.121 e. The molecule has 0 aliphatic heterocycles. The highest BCUT2D eigenvalue weighted by Gasteiger charge is 2.14. The van der Waals surface area contributed by atoms with Crippen molar-refractivity contribution in [2.75, 3.05) is 13.7 Å². The molecule has 1 heterocycles. The lowest BCUT2D eigenvalue weighted by atomic mass is 10.2. The Morgan fingerprint density at radius 3 is 2.89 bits per heavy atom. The Labute approximate surface area is 113 Å². The maximum Gasteiger partial charge on any atom is 0.121 e. The topological polar surface area (TPSA) is 52.0 Å². The molecule has 1 aromatic heterocycles. The third-order valence-electron chi connectivity index (χ3n) is 3.15. The third-order valence-corrected chi connectivity index (χ3v) is 3.15. The van der Waals surface area contributed by atoms with Crippen molar-refractivity contribution in [3.8, 4) is 11.4 Å². The van der Waals surface area contributed by atoms with E-state index in [1.807, 2.05) is 49.8 Å². The van der Waals surface area contributed by atoms with Gasteiger partial charge < -0.3 is 10.1 Å². The summed E-state index contributed by atoms with van der Waals surface area (Å²) in [5.41, 5.74) is 2.96. The molecule has 0 radical (unpaired) electrons. The number of nitrogens with one attached hydrogen (secondary N) is 1. The van der Waals surface area contributed by atoms with E-state index in [-0.39, 0.29) is 6.04 Å². The molecule has 1 unspecified atom stereocenters. The van der Waals surface area contributed by atoms with Gasteiger partial charge in [-0.15, -0.1) is 5.10 Å². The maximum absolute atomic E-state index is 5.51. The van der Waals surface area contributed by atoms with Crippen LogP contribution in [0, 0.1) is 6.92 Å². The van der Waals surface area contributed by atoms with Crippen molar-refractivity contribution >= 4 is 0 Å². The third kappa shape index (κ3) is 2.76. The Morgan fingerprint density at radius 1 is 1.42 bits per heavy atom. The number of hydrogen-bond donors (Lipinski definition) is 1. The molecule has 1 N–H and O–H groups in total. The molecule has 0 fully saturated rings. The monoisotopic (exact) mass is 260 g/mol. The van der Waals surface area contributed by atoms with Gasteiger partial charge in [-0.3, -0.25) is 0 Å². The molecular weight excluding hydrogens is 240 g/mol. The Balaban J connectivity index is 2.36. The molecular formula is C14H20N4O. The second-order valence-electron chi connectivity index (χ2n) is 4.41. The fourth-order valence-electron chi connectivity index (χ4n) is 1.99. The predicted molar refractivity (Wildman–Crippen MR) is 74.7 cm³/mol. The van der Waals surface area contributed by atoms with Gasteiger partial charge in [-0.25, -0.2) is 4.68 Å². The molecule has 0 saturated heterocycles. The summed E-state index contributed by atoms with van der Waals surface area (Å²) < 4.78 is 7.35. The molecule has 19 heavy (non-hydrogen) atoms. The minimum Gasteiger partial charge on any atom is -0.494 e. The second kappa shape index (κ2) is 5.84. The Hall–Kier alpha value is -1.88. The number of hydrogen-bond acceptors (Lipinski definition) is 4. The highest BCUT2D eigenvalue weighted by atomic mass is 16.5. The first-order valence-electron chi connectivity index (χ1n) is 6.50. The van der Waals surface area contributed by atoms with Gasteiger partial charge in [-0.2, -0.15) is 0 Å². The Kier molecular flexibility index (Phi) is 4.16. The zero-order valence-electron chi connectivity index (χ0n) is 11.8. The van der Waals surface area contributed by atoms with Crippen molar-refractivity contribution in [1.82, 2.24) is 20.3 Å². The Morgan fingerprint density at radius 2 is 2.21 bits per heavy atom. The molecule has 5 heteroatoms. The number of aromatic nitrogens is 3. The summed E-state index contributed by atoms with van der Waals surface area (Å²) in [6.45, 7) is 6.72. The van der Waals surface area contributed by atoms with Crippen LogP contribution < -0.4 is 10.1 Å². The number of rotatable bonds is 5. The van der Waals surface area contributed by atoms with E-state index in [1.54, 1.807) is 0 Å². The zero-order chi connectivity index (χ0) is 13.8. The Bertz CT molecular complexity index is 550. The van der Waals surface area contributed by atoms with Gasteiger partial charge >= 0.3 is 0 Å². The molecule has 5 nitrogen and oxygen atoms in total. The summed E-state index contributed by atoms with van der Waals surface area (Å²) in [7, 11) is 1.92. The molecule has 0 spiro atoms. The van der Waals surface area contributed by atoms with Gasteiger partial charge in [0.15, 0.2) is 0 Å². The van der Waals surface area contributed by atoms with Gasteiger partial charge in [0.25, 0.3) is 0 Å². The van der Waals surface area contributed by atoms with Crippen molar-refractivity contribution in [1.29, 1.82) is 0 Å². The summed E-state index contributed by atoms with van der Waals surface area (Å²) in [5.74, 6) is 0.845. The van der Waals surface area contributed by atoms with Crippen molar-refractivity contribution in [2.24, 2.45) is 0 Å². The highest BCUT2D eigenvalue weighted by Crippen LogP contribution is 2.20. The lowest BCUT2D eigenvalue weighted by Crippen LogP contribution is -2.14. The number of nitrogens with zero attached hydrogens (tertiary/aromatic N) is 3. The van der Waals surface area contributed by atoms with Gasteiger partial charge in [-0.05, 0) is 40.0 Å². The first-order chi connectivity index (χ1) is 9.17. The van der Waals surface area contributed by atoms with E-state index in [0.29, 0.717) is 6.61 Å². The van der Waals surface area contributed by atoms with E-state index in [0.717, 1.165) is 22.8 Å². The first-order valence-corrected chi connectivity index (χ1v) is 6.50. The highest BCUT2D eigenvalue weighted by molar-refractivity contribution is 5.40. The molecule has 0 amide bonds. The summed E-state index contributed by atoms with van der Waals surface area (Å²) in [5, 5.41) is 11.7. The van der Waals surface area contributed by atoms with Crippen LogP contribution in [0.5, 0.6) is 5.75 Å². The predicted octanol–water partition coefficient (Wildman–Crippen LogP) is 2.25. The average molecular weight is 260 g/mol. The summed E-state index contributed by atoms with van der Waals surface area (Å²) in [4.78, 5) is 0. The molecule has 0 saturated carbocycles. The fourth-order valence-corrected chi connectivity index (χ4v) is 1.99. The quantitative estimate of drug-likeness (QED) is 0.896. The van der Waals surface area contributed by atoms with Crippen molar-refractivity contribution < 1.29 is 4.74 Å². The van der Waals surface area contributed by atoms with Crippen LogP contribution in [0.4, 0.5) is 0 Å². The van der Waals surface area contributed by atoms with Gasteiger partial charge in [0.2, 0.25) is 0 Å². The molecule has 0 aliphatic carbocycles. The summed E-state index contributed by atoms with van der Waals surface area (Å²) in [6.07, 6.45) is 0. The van der Waals surface area contributed by atoms with E-state index in [9.17, 15) is 0 Å². The maximum atomic E-state index is 5.51.